The zero-order valence-corrected chi connectivity index (χ0v) is 20.8. The number of rotatable bonds is 6. The minimum Gasteiger partial charge on any atom is -0.508 e. The van der Waals surface area contributed by atoms with Crippen LogP contribution in [0.15, 0.2) is 69.6 Å². The van der Waals surface area contributed by atoms with Crippen LogP contribution >= 0.6 is 23.1 Å². The number of aromatic nitrogens is 2. The van der Waals surface area contributed by atoms with Crippen molar-refractivity contribution in [2.75, 3.05) is 5.75 Å². The van der Waals surface area contributed by atoms with Gasteiger partial charge in [0.25, 0.3) is 11.5 Å². The molecule has 2 heterocycles. The van der Waals surface area contributed by atoms with E-state index in [2.05, 4.69) is 10.5 Å². The number of phenolic OH excluding ortho intramolecular Hbond substituents is 1. The second-order valence-electron chi connectivity index (χ2n) is 8.33. The maximum atomic E-state index is 13.7. The van der Waals surface area contributed by atoms with Crippen molar-refractivity contribution in [1.82, 2.24) is 15.0 Å². The number of carbonyl (C=O) groups is 1. The van der Waals surface area contributed by atoms with Gasteiger partial charge in [0.2, 0.25) is 0 Å². The molecule has 2 aromatic carbocycles. The summed E-state index contributed by atoms with van der Waals surface area (Å²) in [6, 6.07) is 16.0. The van der Waals surface area contributed by atoms with Gasteiger partial charge in [-0.1, -0.05) is 30.0 Å². The van der Waals surface area contributed by atoms with Gasteiger partial charge in [0.05, 0.1) is 22.5 Å². The van der Waals surface area contributed by atoms with Crippen LogP contribution in [0.4, 0.5) is 0 Å². The average Bonchev–Trinajstić information content (AvgIpc) is 3.25. The Balaban J connectivity index is 1.42. The molecule has 1 amide bonds. The molecule has 0 atom stereocenters. The first kappa shape index (κ1) is 23.3. The summed E-state index contributed by atoms with van der Waals surface area (Å²) in [5.74, 6) is -0.0718. The highest BCUT2D eigenvalue weighted by Crippen LogP contribution is 2.35. The first-order chi connectivity index (χ1) is 17.0. The lowest BCUT2D eigenvalue weighted by Gasteiger charge is -2.13. The molecule has 7 nitrogen and oxygen atoms in total. The molecule has 178 valence electrons. The van der Waals surface area contributed by atoms with Gasteiger partial charge in [0, 0.05) is 4.88 Å². The maximum absolute atomic E-state index is 13.7. The molecular weight excluding hydrogens is 480 g/mol. The van der Waals surface area contributed by atoms with Crippen LogP contribution in [0.3, 0.4) is 0 Å². The van der Waals surface area contributed by atoms with Gasteiger partial charge in [-0.3, -0.25) is 14.2 Å². The third-order valence-corrected chi connectivity index (χ3v) is 8.06. The molecule has 0 bridgehead atoms. The van der Waals surface area contributed by atoms with Gasteiger partial charge < -0.3 is 5.11 Å². The smallest absolute Gasteiger partial charge is 0.267 e. The summed E-state index contributed by atoms with van der Waals surface area (Å²) in [7, 11) is 0. The molecule has 4 aromatic rings. The van der Waals surface area contributed by atoms with Crippen LogP contribution in [0.5, 0.6) is 5.75 Å². The number of aromatic hydroxyl groups is 1. The van der Waals surface area contributed by atoms with E-state index in [9.17, 15) is 14.7 Å². The first-order valence-corrected chi connectivity index (χ1v) is 13.2. The van der Waals surface area contributed by atoms with Crippen LogP contribution in [0, 0.1) is 0 Å². The van der Waals surface area contributed by atoms with Crippen LogP contribution in [0.25, 0.3) is 15.9 Å². The summed E-state index contributed by atoms with van der Waals surface area (Å²) >= 11 is 2.82. The molecule has 0 aliphatic heterocycles. The summed E-state index contributed by atoms with van der Waals surface area (Å²) in [6.45, 7) is 1.78. The summed E-state index contributed by atoms with van der Waals surface area (Å²) < 4.78 is 1.62. The zero-order valence-electron chi connectivity index (χ0n) is 19.2. The van der Waals surface area contributed by atoms with E-state index < -0.39 is 0 Å². The second kappa shape index (κ2) is 10.1. The molecule has 2 aromatic heterocycles. The number of carbonyl (C=O) groups excluding carboxylic acids is 1. The number of nitrogens with zero attached hydrogens (tertiary/aromatic N) is 3. The van der Waals surface area contributed by atoms with Crippen molar-refractivity contribution in [2.24, 2.45) is 5.10 Å². The number of hydrogen-bond acceptors (Lipinski definition) is 7. The highest BCUT2D eigenvalue weighted by atomic mass is 32.2. The molecule has 5 rings (SSSR count). The van der Waals surface area contributed by atoms with Crippen LogP contribution < -0.4 is 11.0 Å². The highest BCUT2D eigenvalue weighted by Gasteiger charge is 2.23. The predicted octanol–water partition coefficient (Wildman–Crippen LogP) is 4.66. The summed E-state index contributed by atoms with van der Waals surface area (Å²) in [6.07, 6.45) is 4.13. The number of thiophene rings is 1. The Labute approximate surface area is 210 Å². The van der Waals surface area contributed by atoms with Gasteiger partial charge in [-0.05, 0) is 80.1 Å². The third kappa shape index (κ3) is 4.87. The molecule has 2 N–H and O–H groups in total. The molecule has 0 fully saturated rings. The van der Waals surface area contributed by atoms with Crippen molar-refractivity contribution in [3.8, 4) is 11.4 Å². The van der Waals surface area contributed by atoms with Gasteiger partial charge in [-0.2, -0.15) is 5.10 Å². The van der Waals surface area contributed by atoms with Crippen molar-refractivity contribution >= 4 is 44.9 Å². The van der Waals surface area contributed by atoms with E-state index in [1.165, 1.54) is 16.6 Å². The normalized spacial score (nSPS) is 13.6. The second-order valence-corrected chi connectivity index (χ2v) is 10.4. The van der Waals surface area contributed by atoms with Crippen molar-refractivity contribution in [2.45, 2.75) is 37.8 Å². The van der Waals surface area contributed by atoms with E-state index in [1.54, 1.807) is 47.1 Å². The maximum Gasteiger partial charge on any atom is 0.267 e. The largest absolute Gasteiger partial charge is 0.508 e. The molecular formula is C26H24N4O3S2. The predicted molar refractivity (Wildman–Crippen MR) is 141 cm³/mol. The highest BCUT2D eigenvalue weighted by molar-refractivity contribution is 7.99. The minimum absolute atomic E-state index is 0.0578. The molecule has 0 spiro atoms. The van der Waals surface area contributed by atoms with Crippen LogP contribution in [0.1, 0.15) is 35.8 Å². The third-order valence-electron chi connectivity index (χ3n) is 5.94. The van der Waals surface area contributed by atoms with E-state index in [-0.39, 0.29) is 23.0 Å². The Morgan fingerprint density at radius 2 is 1.89 bits per heavy atom. The fourth-order valence-electron chi connectivity index (χ4n) is 4.16. The van der Waals surface area contributed by atoms with Crippen molar-refractivity contribution in [3.63, 3.8) is 0 Å². The summed E-state index contributed by atoms with van der Waals surface area (Å²) in [5.41, 5.74) is 5.78. The zero-order chi connectivity index (χ0) is 24.4. The van der Waals surface area contributed by atoms with Crippen molar-refractivity contribution in [1.29, 1.82) is 0 Å². The summed E-state index contributed by atoms with van der Waals surface area (Å²) in [4.78, 5) is 33.1. The number of hydrogen-bond donors (Lipinski definition) is 2. The molecule has 1 aliphatic carbocycles. The van der Waals surface area contributed by atoms with Gasteiger partial charge in [0.15, 0.2) is 5.16 Å². The van der Waals surface area contributed by atoms with Gasteiger partial charge in [0.1, 0.15) is 10.6 Å². The van der Waals surface area contributed by atoms with E-state index in [4.69, 9.17) is 4.98 Å². The van der Waals surface area contributed by atoms with Gasteiger partial charge in [-0.15, -0.1) is 11.3 Å². The number of para-hydroxylation sites is 1. The molecule has 9 heteroatoms. The number of aryl methyl sites for hydroxylation is 2. The first-order valence-electron chi connectivity index (χ1n) is 11.4. The number of thioether (sulfide) groups is 1. The minimum atomic E-state index is -0.299. The molecule has 0 unspecified atom stereocenters. The Kier molecular flexibility index (Phi) is 6.70. The van der Waals surface area contributed by atoms with Crippen LogP contribution in [-0.4, -0.2) is 32.0 Å². The van der Waals surface area contributed by atoms with Crippen molar-refractivity contribution in [3.05, 3.63) is 81.0 Å². The molecule has 0 saturated heterocycles. The number of fused-ring (bicyclic) bond motifs is 3. The van der Waals surface area contributed by atoms with Crippen LogP contribution in [-0.2, 0) is 17.6 Å². The monoisotopic (exact) mass is 504 g/mol. The molecule has 0 radical (unpaired) electrons. The fraction of sp³-hybridized carbons (Fsp3) is 0.231. The number of amides is 1. The van der Waals surface area contributed by atoms with Gasteiger partial charge in [-0.25, -0.2) is 10.4 Å². The number of hydrazone groups is 1. The quantitative estimate of drug-likeness (QED) is 0.172. The molecule has 35 heavy (non-hydrogen) atoms. The summed E-state index contributed by atoms with van der Waals surface area (Å²) in [5, 5.41) is 14.8. The van der Waals surface area contributed by atoms with Crippen LogP contribution in [0.2, 0.25) is 0 Å². The number of phenols is 1. The van der Waals surface area contributed by atoms with E-state index in [0.717, 1.165) is 52.7 Å². The number of benzene rings is 2. The Morgan fingerprint density at radius 1 is 1.14 bits per heavy atom. The molecule has 1 aliphatic rings. The number of nitrogens with one attached hydrogen (secondary N) is 1. The Morgan fingerprint density at radius 3 is 2.66 bits per heavy atom. The SMILES string of the molecule is CC(=NNC(=O)CSc1nc2sc3c(c2c(=O)n1-c1ccccc1)CCCC3)c1ccc(O)cc1. The lowest BCUT2D eigenvalue weighted by molar-refractivity contribution is -0.118. The van der Waals surface area contributed by atoms with Crippen molar-refractivity contribution < 1.29 is 9.90 Å². The van der Waals surface area contributed by atoms with E-state index in [0.29, 0.717) is 10.9 Å². The topological polar surface area (TPSA) is 96.6 Å². The Bertz CT molecular complexity index is 1470. The standard InChI is InChI=1S/C26H24N4O3S2/c1-16(17-11-13-19(31)14-12-17)28-29-22(32)15-34-26-27-24-23(20-9-5-6-10-21(20)35-24)25(33)30(26)18-7-3-2-4-8-18/h2-4,7-8,11-14,31H,5-6,9-10,15H2,1H3,(H,29,32). The Hall–Kier alpha value is -3.43. The van der Waals surface area contributed by atoms with Gasteiger partial charge >= 0.3 is 0 Å². The lowest BCUT2D eigenvalue weighted by atomic mass is 9.97. The van der Waals surface area contributed by atoms with E-state index in [1.807, 2.05) is 30.3 Å². The molecule has 0 saturated carbocycles. The van der Waals surface area contributed by atoms with E-state index >= 15 is 0 Å². The fourth-order valence-corrected chi connectivity index (χ4v) is 6.27. The lowest BCUT2D eigenvalue weighted by Crippen LogP contribution is -2.24. The average molecular weight is 505 g/mol.